The highest BCUT2D eigenvalue weighted by atomic mass is 16.3. The monoisotopic (exact) mass is 202 g/mol. The first kappa shape index (κ1) is 9.93. The number of nitrogens with zero attached hydrogens (tertiary/aromatic N) is 1. The van der Waals surface area contributed by atoms with Crippen molar-refractivity contribution >= 4 is 0 Å². The first-order chi connectivity index (χ1) is 7.33. The lowest BCUT2D eigenvalue weighted by molar-refractivity contribution is 0.562. The van der Waals surface area contributed by atoms with Gasteiger partial charge in [-0.2, -0.15) is 0 Å². The third-order valence-electron chi connectivity index (χ3n) is 2.56. The van der Waals surface area contributed by atoms with Gasteiger partial charge in [0.25, 0.3) is 0 Å². The van der Waals surface area contributed by atoms with Crippen LogP contribution in [0.4, 0.5) is 0 Å². The molecular formula is C12H14N2O. The van der Waals surface area contributed by atoms with Crippen molar-refractivity contribution < 1.29 is 4.42 Å². The van der Waals surface area contributed by atoms with Crippen LogP contribution < -0.4 is 5.73 Å². The van der Waals surface area contributed by atoms with Gasteiger partial charge in [0, 0.05) is 18.0 Å². The van der Waals surface area contributed by atoms with Crippen LogP contribution in [0.2, 0.25) is 0 Å². The first-order valence-electron chi connectivity index (χ1n) is 5.03. The van der Waals surface area contributed by atoms with Gasteiger partial charge in [-0.05, 0) is 29.7 Å². The number of furan rings is 1. The predicted octanol–water partition coefficient (Wildman–Crippen LogP) is 2.29. The molecule has 78 valence electrons. The van der Waals surface area contributed by atoms with Crippen molar-refractivity contribution in [2.45, 2.75) is 19.4 Å². The van der Waals surface area contributed by atoms with Crippen LogP contribution in [0.1, 0.15) is 29.7 Å². The second-order valence-corrected chi connectivity index (χ2v) is 3.46. The fourth-order valence-electron chi connectivity index (χ4n) is 1.67. The maximum absolute atomic E-state index is 6.15. The van der Waals surface area contributed by atoms with Crippen LogP contribution in [0.3, 0.4) is 0 Å². The molecule has 2 aromatic rings. The van der Waals surface area contributed by atoms with E-state index in [9.17, 15) is 0 Å². The second-order valence-electron chi connectivity index (χ2n) is 3.46. The smallest absolute Gasteiger partial charge is 0.0953 e. The molecule has 15 heavy (non-hydrogen) atoms. The Kier molecular flexibility index (Phi) is 2.83. The maximum atomic E-state index is 6.15. The lowest BCUT2D eigenvalue weighted by atomic mass is 9.97. The van der Waals surface area contributed by atoms with E-state index < -0.39 is 0 Å². The Labute approximate surface area is 88.9 Å². The van der Waals surface area contributed by atoms with E-state index in [0.717, 1.165) is 17.5 Å². The van der Waals surface area contributed by atoms with Gasteiger partial charge in [-0.1, -0.05) is 6.92 Å². The van der Waals surface area contributed by atoms with Crippen LogP contribution in [0.25, 0.3) is 0 Å². The number of aryl methyl sites for hydroxylation is 1. The molecule has 3 heteroatoms. The summed E-state index contributed by atoms with van der Waals surface area (Å²) in [5, 5.41) is 0. The van der Waals surface area contributed by atoms with Crippen molar-refractivity contribution in [3.8, 4) is 0 Å². The van der Waals surface area contributed by atoms with Crippen molar-refractivity contribution in [3.05, 3.63) is 53.7 Å². The third kappa shape index (κ3) is 1.92. The molecule has 0 aliphatic rings. The fourth-order valence-corrected chi connectivity index (χ4v) is 1.67. The topological polar surface area (TPSA) is 52.0 Å². The summed E-state index contributed by atoms with van der Waals surface area (Å²) in [6, 6.07) is 3.74. The standard InChI is InChI=1S/C12H14N2O/c1-2-9-7-14-5-3-11(9)12(13)10-4-6-15-8-10/h3-8,12H,2,13H2,1H3. The van der Waals surface area contributed by atoms with Crippen LogP contribution in [0.15, 0.2) is 41.5 Å². The highest BCUT2D eigenvalue weighted by Crippen LogP contribution is 2.22. The molecule has 1 atom stereocenters. The van der Waals surface area contributed by atoms with Crippen molar-refractivity contribution in [2.75, 3.05) is 0 Å². The van der Waals surface area contributed by atoms with E-state index in [1.807, 2.05) is 18.3 Å². The van der Waals surface area contributed by atoms with Gasteiger partial charge >= 0.3 is 0 Å². The molecule has 2 heterocycles. The fraction of sp³-hybridized carbons (Fsp3) is 0.250. The summed E-state index contributed by atoms with van der Waals surface area (Å²) in [6.07, 6.45) is 7.91. The summed E-state index contributed by atoms with van der Waals surface area (Å²) in [5.74, 6) is 0. The Balaban J connectivity index is 2.37. The summed E-state index contributed by atoms with van der Waals surface area (Å²) in [6.45, 7) is 2.10. The Morgan fingerprint density at radius 2 is 2.33 bits per heavy atom. The van der Waals surface area contributed by atoms with Crippen LogP contribution in [-0.2, 0) is 6.42 Å². The zero-order valence-corrected chi connectivity index (χ0v) is 8.68. The molecule has 2 N–H and O–H groups in total. The third-order valence-corrected chi connectivity index (χ3v) is 2.56. The normalized spacial score (nSPS) is 12.7. The molecule has 2 aromatic heterocycles. The lowest BCUT2D eigenvalue weighted by Gasteiger charge is -2.13. The van der Waals surface area contributed by atoms with Gasteiger partial charge in [-0.15, -0.1) is 0 Å². The second kappa shape index (κ2) is 4.28. The number of pyridine rings is 1. The highest BCUT2D eigenvalue weighted by Gasteiger charge is 2.12. The molecule has 0 saturated heterocycles. The average molecular weight is 202 g/mol. The minimum absolute atomic E-state index is 0.123. The molecule has 0 amide bonds. The van der Waals surface area contributed by atoms with Crippen molar-refractivity contribution in [1.82, 2.24) is 4.98 Å². The Morgan fingerprint density at radius 3 is 3.00 bits per heavy atom. The predicted molar refractivity (Wildman–Crippen MR) is 58.4 cm³/mol. The molecule has 0 aliphatic heterocycles. The highest BCUT2D eigenvalue weighted by molar-refractivity contribution is 5.33. The average Bonchev–Trinajstić information content (AvgIpc) is 2.81. The minimum Gasteiger partial charge on any atom is -0.472 e. The molecular weight excluding hydrogens is 188 g/mol. The van der Waals surface area contributed by atoms with Crippen molar-refractivity contribution in [1.29, 1.82) is 0 Å². The summed E-state index contributed by atoms with van der Waals surface area (Å²) in [7, 11) is 0. The number of hydrogen-bond acceptors (Lipinski definition) is 3. The van der Waals surface area contributed by atoms with E-state index in [1.54, 1.807) is 18.7 Å². The Morgan fingerprint density at radius 1 is 1.47 bits per heavy atom. The van der Waals surface area contributed by atoms with Crippen molar-refractivity contribution in [3.63, 3.8) is 0 Å². The summed E-state index contributed by atoms with van der Waals surface area (Å²) < 4.78 is 5.04. The van der Waals surface area contributed by atoms with Gasteiger partial charge in [0.05, 0.1) is 18.6 Å². The van der Waals surface area contributed by atoms with E-state index in [0.29, 0.717) is 0 Å². The zero-order valence-electron chi connectivity index (χ0n) is 8.68. The molecule has 0 aliphatic carbocycles. The molecule has 0 bridgehead atoms. The van der Waals surface area contributed by atoms with E-state index in [4.69, 9.17) is 10.2 Å². The molecule has 0 fully saturated rings. The van der Waals surface area contributed by atoms with E-state index >= 15 is 0 Å². The number of aromatic nitrogens is 1. The summed E-state index contributed by atoms with van der Waals surface area (Å²) >= 11 is 0. The van der Waals surface area contributed by atoms with Crippen LogP contribution in [0.5, 0.6) is 0 Å². The largest absolute Gasteiger partial charge is 0.472 e. The lowest BCUT2D eigenvalue weighted by Crippen LogP contribution is -2.13. The van der Waals surface area contributed by atoms with E-state index in [2.05, 4.69) is 11.9 Å². The first-order valence-corrected chi connectivity index (χ1v) is 5.03. The molecule has 2 rings (SSSR count). The Bertz CT molecular complexity index is 423. The van der Waals surface area contributed by atoms with Crippen LogP contribution >= 0.6 is 0 Å². The molecule has 0 saturated carbocycles. The van der Waals surface area contributed by atoms with Gasteiger partial charge in [0.2, 0.25) is 0 Å². The van der Waals surface area contributed by atoms with Gasteiger partial charge in [0.1, 0.15) is 0 Å². The Hall–Kier alpha value is -1.61. The quantitative estimate of drug-likeness (QED) is 0.830. The molecule has 0 spiro atoms. The summed E-state index contributed by atoms with van der Waals surface area (Å²) in [4.78, 5) is 4.10. The number of nitrogens with two attached hydrogens (primary N) is 1. The number of rotatable bonds is 3. The van der Waals surface area contributed by atoms with Crippen LogP contribution in [-0.4, -0.2) is 4.98 Å². The van der Waals surface area contributed by atoms with E-state index in [-0.39, 0.29) is 6.04 Å². The minimum atomic E-state index is -0.123. The molecule has 0 radical (unpaired) electrons. The van der Waals surface area contributed by atoms with E-state index in [1.165, 1.54) is 5.56 Å². The molecule has 3 nitrogen and oxygen atoms in total. The zero-order chi connectivity index (χ0) is 10.7. The van der Waals surface area contributed by atoms with Crippen LogP contribution in [0, 0.1) is 0 Å². The van der Waals surface area contributed by atoms with Gasteiger partial charge in [-0.25, -0.2) is 0 Å². The SMILES string of the molecule is CCc1cnccc1C(N)c1ccoc1. The van der Waals surface area contributed by atoms with Gasteiger partial charge in [0.15, 0.2) is 0 Å². The van der Waals surface area contributed by atoms with Gasteiger partial charge in [-0.3, -0.25) is 4.98 Å². The molecule has 0 aromatic carbocycles. The summed E-state index contributed by atoms with van der Waals surface area (Å²) in [5.41, 5.74) is 9.45. The number of hydrogen-bond donors (Lipinski definition) is 1. The van der Waals surface area contributed by atoms with Crippen molar-refractivity contribution in [2.24, 2.45) is 5.73 Å². The molecule has 1 unspecified atom stereocenters. The van der Waals surface area contributed by atoms with Gasteiger partial charge < -0.3 is 10.2 Å². The maximum Gasteiger partial charge on any atom is 0.0953 e.